The van der Waals surface area contributed by atoms with E-state index in [4.69, 9.17) is 21.1 Å². The Labute approximate surface area is 213 Å². The van der Waals surface area contributed by atoms with Crippen LogP contribution < -0.4 is 14.9 Å². The third-order valence-electron chi connectivity index (χ3n) is 7.18. The summed E-state index contributed by atoms with van der Waals surface area (Å²) in [4.78, 5) is 0. The first kappa shape index (κ1) is 26.1. The topological polar surface area (TPSA) is 54.0 Å². The molecule has 1 saturated heterocycles. The molecule has 3 aromatic carbocycles. The number of halogens is 4. The predicted octanol–water partition coefficient (Wildman–Crippen LogP) is 6.19. The Hall–Kier alpha value is -2.94. The van der Waals surface area contributed by atoms with Crippen molar-refractivity contribution in [2.24, 2.45) is 0 Å². The van der Waals surface area contributed by atoms with Crippen LogP contribution in [0.2, 0.25) is 5.02 Å². The molecule has 1 fully saturated rings. The molecule has 0 radical (unpaired) electrons. The van der Waals surface area contributed by atoms with Gasteiger partial charge in [-0.15, -0.1) is 0 Å². The van der Waals surface area contributed by atoms with E-state index >= 15 is 0 Å². The van der Waals surface area contributed by atoms with Crippen molar-refractivity contribution in [3.05, 3.63) is 88.4 Å². The number of benzene rings is 3. The van der Waals surface area contributed by atoms with Gasteiger partial charge in [-0.2, -0.15) is 13.2 Å². The Kier molecular flexibility index (Phi) is 6.90. The largest absolute Gasteiger partial charge is 0.507 e. The molecule has 0 saturated carbocycles. The fourth-order valence-corrected chi connectivity index (χ4v) is 5.37. The summed E-state index contributed by atoms with van der Waals surface area (Å²) in [7, 11) is 2.83. The van der Waals surface area contributed by atoms with E-state index in [0.717, 1.165) is 10.6 Å². The van der Waals surface area contributed by atoms with Crippen LogP contribution in [-0.2, 0) is 17.6 Å². The van der Waals surface area contributed by atoms with Gasteiger partial charge in [0, 0.05) is 29.1 Å². The summed E-state index contributed by atoms with van der Waals surface area (Å²) >= 11 is 5.91. The van der Waals surface area contributed by atoms with Crippen molar-refractivity contribution >= 4 is 11.6 Å². The van der Waals surface area contributed by atoms with E-state index in [1.807, 2.05) is 12.1 Å². The van der Waals surface area contributed by atoms with Gasteiger partial charge in [-0.3, -0.25) is 0 Å². The molecule has 3 unspecified atom stereocenters. The first-order valence-corrected chi connectivity index (χ1v) is 11.7. The molecule has 1 aliphatic heterocycles. The molecule has 192 valence electrons. The molecule has 1 aliphatic rings. The van der Waals surface area contributed by atoms with Crippen LogP contribution in [0.15, 0.2) is 66.7 Å². The molecule has 4 rings (SSSR count). The first-order valence-electron chi connectivity index (χ1n) is 11.3. The number of hydrogen-bond acceptors (Lipinski definition) is 5. The number of rotatable bonds is 6. The SMILES string of the molecule is COc1cccc(C2(C)C(C(F)(F)F)N(C)NC2(C)c2ccc(OCc3ccc(Cl)cc3)cc2O)c1. The highest BCUT2D eigenvalue weighted by molar-refractivity contribution is 6.30. The maximum Gasteiger partial charge on any atom is 0.406 e. The van der Waals surface area contributed by atoms with E-state index in [2.05, 4.69) is 5.43 Å². The molecule has 5 nitrogen and oxygen atoms in total. The Bertz CT molecular complexity index is 1240. The minimum Gasteiger partial charge on any atom is -0.507 e. The van der Waals surface area contributed by atoms with Crippen LogP contribution in [0, 0.1) is 0 Å². The maximum atomic E-state index is 14.5. The zero-order chi connectivity index (χ0) is 26.3. The number of aromatic hydroxyl groups is 1. The number of hydrazine groups is 1. The van der Waals surface area contributed by atoms with E-state index in [9.17, 15) is 18.3 Å². The number of methoxy groups -OCH3 is 1. The van der Waals surface area contributed by atoms with Crippen molar-refractivity contribution in [2.75, 3.05) is 14.2 Å². The number of nitrogens with one attached hydrogen (secondary N) is 1. The minimum absolute atomic E-state index is 0.177. The summed E-state index contributed by atoms with van der Waals surface area (Å²) in [6, 6.07) is 16.5. The molecule has 0 aliphatic carbocycles. The van der Waals surface area contributed by atoms with Gasteiger partial charge in [0.25, 0.3) is 0 Å². The lowest BCUT2D eigenvalue weighted by Gasteiger charge is -2.44. The van der Waals surface area contributed by atoms with E-state index in [1.165, 1.54) is 20.2 Å². The van der Waals surface area contributed by atoms with E-state index < -0.39 is 23.2 Å². The molecule has 3 aromatic rings. The molecular weight excluding hydrogens is 493 g/mol. The fraction of sp³-hybridized carbons (Fsp3) is 0.333. The van der Waals surface area contributed by atoms with Crippen LogP contribution in [-0.4, -0.2) is 36.5 Å². The highest BCUT2D eigenvalue weighted by atomic mass is 35.5. The van der Waals surface area contributed by atoms with E-state index in [0.29, 0.717) is 27.6 Å². The van der Waals surface area contributed by atoms with E-state index in [-0.39, 0.29) is 12.4 Å². The van der Waals surface area contributed by atoms with Crippen molar-refractivity contribution in [1.29, 1.82) is 0 Å². The first-order chi connectivity index (χ1) is 16.9. The van der Waals surface area contributed by atoms with Crippen molar-refractivity contribution < 1.29 is 27.8 Å². The van der Waals surface area contributed by atoms with Gasteiger partial charge in [-0.1, -0.05) is 42.8 Å². The number of nitrogens with zero attached hydrogens (tertiary/aromatic N) is 1. The molecule has 3 atom stereocenters. The maximum absolute atomic E-state index is 14.5. The standard InChI is InChI=1S/C27H28ClF3N2O3/c1-25(18-6-5-7-20(14-18)35-4)24(27(29,30)31)33(3)32-26(25,2)22-13-12-21(15-23(22)34)36-16-17-8-10-19(28)11-9-17/h5-15,24,32,34H,16H2,1-4H3. The van der Waals surface area contributed by atoms with Crippen molar-refractivity contribution in [1.82, 2.24) is 10.4 Å². The molecule has 36 heavy (non-hydrogen) atoms. The highest BCUT2D eigenvalue weighted by Gasteiger charge is 2.67. The molecule has 0 amide bonds. The number of hydrogen-bond donors (Lipinski definition) is 2. The van der Waals surface area contributed by atoms with Crippen LogP contribution in [0.4, 0.5) is 13.2 Å². The third-order valence-corrected chi connectivity index (χ3v) is 7.43. The quantitative estimate of drug-likeness (QED) is 0.406. The van der Waals surface area contributed by atoms with Gasteiger partial charge in [-0.05, 0) is 54.4 Å². The van der Waals surface area contributed by atoms with Crippen LogP contribution in [0.3, 0.4) is 0 Å². The summed E-state index contributed by atoms with van der Waals surface area (Å²) < 4.78 is 54.5. The number of phenolic OH excluding ortho intramolecular Hbond substituents is 1. The molecule has 1 heterocycles. The Balaban J connectivity index is 1.75. The zero-order valence-electron chi connectivity index (χ0n) is 20.4. The summed E-state index contributed by atoms with van der Waals surface area (Å²) in [5, 5.41) is 12.7. The average molecular weight is 521 g/mol. The molecule has 2 N–H and O–H groups in total. The smallest absolute Gasteiger partial charge is 0.406 e. The number of alkyl halides is 3. The average Bonchev–Trinajstić information content (AvgIpc) is 3.04. The van der Waals surface area contributed by atoms with Crippen molar-refractivity contribution in [3.63, 3.8) is 0 Å². The second-order valence-corrected chi connectivity index (χ2v) is 9.76. The summed E-state index contributed by atoms with van der Waals surface area (Å²) in [5.41, 5.74) is 1.74. The second kappa shape index (κ2) is 9.50. The fourth-order valence-electron chi connectivity index (χ4n) is 5.24. The van der Waals surface area contributed by atoms with Gasteiger partial charge in [0.2, 0.25) is 0 Å². The summed E-state index contributed by atoms with van der Waals surface area (Å²) in [5.74, 6) is 0.655. The van der Waals surface area contributed by atoms with Gasteiger partial charge in [0.05, 0.1) is 12.6 Å². The summed E-state index contributed by atoms with van der Waals surface area (Å²) in [6.45, 7) is 3.46. The minimum atomic E-state index is -4.56. The van der Waals surface area contributed by atoms with E-state index in [1.54, 1.807) is 62.4 Å². The molecule has 0 aromatic heterocycles. The zero-order valence-corrected chi connectivity index (χ0v) is 21.1. The lowest BCUT2D eigenvalue weighted by molar-refractivity contribution is -0.189. The molecule has 0 spiro atoms. The van der Waals surface area contributed by atoms with Crippen molar-refractivity contribution in [2.45, 2.75) is 43.6 Å². The summed E-state index contributed by atoms with van der Waals surface area (Å²) in [6.07, 6.45) is -4.56. The monoisotopic (exact) mass is 520 g/mol. The lowest BCUT2D eigenvalue weighted by Crippen LogP contribution is -2.55. The van der Waals surface area contributed by atoms with Gasteiger partial charge in [-0.25, -0.2) is 10.4 Å². The van der Waals surface area contributed by atoms with Gasteiger partial charge >= 0.3 is 6.18 Å². The van der Waals surface area contributed by atoms with Gasteiger partial charge in [0.15, 0.2) is 0 Å². The Morgan fingerprint density at radius 1 is 1.03 bits per heavy atom. The van der Waals surface area contributed by atoms with Crippen molar-refractivity contribution in [3.8, 4) is 17.2 Å². The highest BCUT2D eigenvalue weighted by Crippen LogP contribution is 2.56. The number of likely N-dealkylation sites (N-methyl/N-ethyl adjacent to an activating group) is 1. The molecular formula is C27H28ClF3N2O3. The lowest BCUT2D eigenvalue weighted by atomic mass is 9.61. The number of ether oxygens (including phenoxy) is 2. The predicted molar refractivity (Wildman–Crippen MR) is 132 cm³/mol. The van der Waals surface area contributed by atoms with Crippen LogP contribution >= 0.6 is 11.6 Å². The molecule has 0 bridgehead atoms. The van der Waals surface area contributed by atoms with Crippen LogP contribution in [0.25, 0.3) is 0 Å². The Morgan fingerprint density at radius 3 is 2.33 bits per heavy atom. The number of phenols is 1. The third kappa shape index (κ3) is 4.49. The second-order valence-electron chi connectivity index (χ2n) is 9.32. The van der Waals surface area contributed by atoms with Crippen LogP contribution in [0.1, 0.15) is 30.5 Å². The van der Waals surface area contributed by atoms with Gasteiger partial charge in [0.1, 0.15) is 29.9 Å². The Morgan fingerprint density at radius 2 is 1.72 bits per heavy atom. The molecule has 9 heteroatoms. The van der Waals surface area contributed by atoms with Gasteiger partial charge < -0.3 is 14.6 Å². The normalized spacial score (nSPS) is 24.6. The van der Waals surface area contributed by atoms with Crippen LogP contribution in [0.5, 0.6) is 17.2 Å².